The van der Waals surface area contributed by atoms with Crippen LogP contribution in [0.2, 0.25) is 0 Å². The quantitative estimate of drug-likeness (QED) is 0.826. The fraction of sp³-hybridized carbons (Fsp3) is 0.571. The van der Waals surface area contributed by atoms with E-state index < -0.39 is 0 Å². The zero-order chi connectivity index (χ0) is 11.5. The first-order valence-electron chi connectivity index (χ1n) is 6.15. The predicted molar refractivity (Wildman–Crippen MR) is 66.7 cm³/mol. The van der Waals surface area contributed by atoms with Gasteiger partial charge in [-0.05, 0) is 42.4 Å². The molecule has 0 radical (unpaired) electrons. The van der Waals surface area contributed by atoms with E-state index >= 15 is 0 Å². The van der Waals surface area contributed by atoms with Crippen LogP contribution in [0.5, 0.6) is 5.75 Å². The van der Waals surface area contributed by atoms with E-state index in [1.54, 1.807) is 0 Å². The molecule has 1 aliphatic rings. The summed E-state index contributed by atoms with van der Waals surface area (Å²) in [5, 5.41) is 0. The zero-order valence-electron chi connectivity index (χ0n) is 10.1. The molecule has 0 heterocycles. The highest BCUT2D eigenvalue weighted by molar-refractivity contribution is 5.30. The molecule has 0 aliphatic heterocycles. The summed E-state index contributed by atoms with van der Waals surface area (Å²) in [5.41, 5.74) is 7.32. The Morgan fingerprint density at radius 2 is 2.12 bits per heavy atom. The molecule has 0 saturated heterocycles. The second kappa shape index (κ2) is 4.88. The van der Waals surface area contributed by atoms with Crippen LogP contribution in [-0.4, -0.2) is 12.6 Å². The molecule has 0 bridgehead atoms. The zero-order valence-corrected chi connectivity index (χ0v) is 10.1. The van der Waals surface area contributed by atoms with Gasteiger partial charge >= 0.3 is 0 Å². The number of rotatable bonds is 5. The number of hydrogen-bond donors (Lipinski definition) is 1. The maximum absolute atomic E-state index is 6.00. The summed E-state index contributed by atoms with van der Waals surface area (Å²) in [4.78, 5) is 0. The third kappa shape index (κ3) is 2.99. The normalized spacial score (nSPS) is 17.5. The Morgan fingerprint density at radius 3 is 2.75 bits per heavy atom. The minimum absolute atomic E-state index is 0.211. The average Bonchev–Trinajstić information content (AvgIpc) is 3.10. The summed E-state index contributed by atoms with van der Waals surface area (Å²) < 4.78 is 5.73. The molecule has 1 aromatic carbocycles. The van der Waals surface area contributed by atoms with Crippen LogP contribution in [0.1, 0.15) is 38.2 Å². The summed E-state index contributed by atoms with van der Waals surface area (Å²) in [5.74, 6) is 2.19. The van der Waals surface area contributed by atoms with E-state index in [0.29, 0.717) is 18.4 Å². The van der Waals surface area contributed by atoms with E-state index in [9.17, 15) is 0 Å². The molecular formula is C14H21NO. The molecule has 1 saturated carbocycles. The van der Waals surface area contributed by atoms with Gasteiger partial charge in [0.15, 0.2) is 0 Å². The number of ether oxygens (including phenoxy) is 1. The SMILES string of the molecule is CC(C)c1cccc(OCC(N)C2CC2)c1. The molecule has 1 unspecified atom stereocenters. The van der Waals surface area contributed by atoms with Crippen molar-refractivity contribution in [2.45, 2.75) is 38.6 Å². The van der Waals surface area contributed by atoms with Crippen LogP contribution in [0.15, 0.2) is 24.3 Å². The van der Waals surface area contributed by atoms with Gasteiger partial charge in [0.2, 0.25) is 0 Å². The van der Waals surface area contributed by atoms with E-state index in [0.717, 1.165) is 5.75 Å². The van der Waals surface area contributed by atoms with Gasteiger partial charge in [0.05, 0.1) is 0 Å². The molecule has 1 aromatic rings. The maximum atomic E-state index is 6.00. The van der Waals surface area contributed by atoms with Crippen LogP contribution in [-0.2, 0) is 0 Å². The molecule has 2 N–H and O–H groups in total. The van der Waals surface area contributed by atoms with Crippen LogP contribution in [0.3, 0.4) is 0 Å². The van der Waals surface area contributed by atoms with Crippen molar-refractivity contribution in [2.24, 2.45) is 11.7 Å². The third-order valence-electron chi connectivity index (χ3n) is 3.19. The van der Waals surface area contributed by atoms with E-state index in [-0.39, 0.29) is 6.04 Å². The van der Waals surface area contributed by atoms with Crippen molar-refractivity contribution in [3.63, 3.8) is 0 Å². The van der Waals surface area contributed by atoms with Crippen molar-refractivity contribution < 1.29 is 4.74 Å². The Hall–Kier alpha value is -1.02. The van der Waals surface area contributed by atoms with Crippen molar-refractivity contribution in [3.05, 3.63) is 29.8 Å². The lowest BCUT2D eigenvalue weighted by molar-refractivity contribution is 0.276. The second-order valence-corrected chi connectivity index (χ2v) is 5.04. The van der Waals surface area contributed by atoms with Crippen LogP contribution < -0.4 is 10.5 Å². The molecule has 0 spiro atoms. The fourth-order valence-electron chi connectivity index (χ4n) is 1.82. The van der Waals surface area contributed by atoms with E-state index in [1.807, 2.05) is 12.1 Å². The first kappa shape index (κ1) is 11.5. The highest BCUT2D eigenvalue weighted by Crippen LogP contribution is 2.31. The van der Waals surface area contributed by atoms with Gasteiger partial charge in [-0.15, -0.1) is 0 Å². The predicted octanol–water partition coefficient (Wildman–Crippen LogP) is 2.93. The van der Waals surface area contributed by atoms with E-state index in [4.69, 9.17) is 10.5 Å². The van der Waals surface area contributed by atoms with Gasteiger partial charge < -0.3 is 10.5 Å². The Balaban J connectivity index is 1.90. The Kier molecular flexibility index (Phi) is 3.49. The highest BCUT2D eigenvalue weighted by Gasteiger charge is 2.28. The average molecular weight is 219 g/mol. The van der Waals surface area contributed by atoms with Crippen molar-refractivity contribution in [2.75, 3.05) is 6.61 Å². The van der Waals surface area contributed by atoms with Crippen molar-refractivity contribution in [3.8, 4) is 5.75 Å². The van der Waals surface area contributed by atoms with E-state index in [2.05, 4.69) is 26.0 Å². The molecule has 2 heteroatoms. The molecule has 0 amide bonds. The monoisotopic (exact) mass is 219 g/mol. The molecule has 1 atom stereocenters. The van der Waals surface area contributed by atoms with Gasteiger partial charge in [-0.3, -0.25) is 0 Å². The molecule has 88 valence electrons. The lowest BCUT2D eigenvalue weighted by Crippen LogP contribution is -2.29. The molecule has 2 rings (SSSR count). The molecule has 1 fully saturated rings. The number of nitrogens with two attached hydrogens (primary N) is 1. The molecule has 1 aliphatic carbocycles. The van der Waals surface area contributed by atoms with Crippen molar-refractivity contribution >= 4 is 0 Å². The van der Waals surface area contributed by atoms with Crippen molar-refractivity contribution in [1.29, 1.82) is 0 Å². The summed E-state index contributed by atoms with van der Waals surface area (Å²) in [6, 6.07) is 8.52. The van der Waals surface area contributed by atoms with E-state index in [1.165, 1.54) is 18.4 Å². The maximum Gasteiger partial charge on any atom is 0.119 e. The lowest BCUT2D eigenvalue weighted by atomic mass is 10.0. The fourth-order valence-corrected chi connectivity index (χ4v) is 1.82. The molecule has 2 nitrogen and oxygen atoms in total. The Morgan fingerprint density at radius 1 is 1.38 bits per heavy atom. The van der Waals surface area contributed by atoms with Crippen LogP contribution >= 0.6 is 0 Å². The minimum atomic E-state index is 0.211. The van der Waals surface area contributed by atoms with Crippen LogP contribution in [0, 0.1) is 5.92 Å². The van der Waals surface area contributed by atoms with Gasteiger partial charge in [-0.1, -0.05) is 26.0 Å². The summed E-state index contributed by atoms with van der Waals surface area (Å²) in [7, 11) is 0. The number of benzene rings is 1. The summed E-state index contributed by atoms with van der Waals surface area (Å²) in [6.07, 6.45) is 2.55. The largest absolute Gasteiger partial charge is 0.492 e. The van der Waals surface area contributed by atoms with Crippen molar-refractivity contribution in [1.82, 2.24) is 0 Å². The van der Waals surface area contributed by atoms with Gasteiger partial charge in [0, 0.05) is 6.04 Å². The Bertz CT molecular complexity index is 344. The topological polar surface area (TPSA) is 35.2 Å². The third-order valence-corrected chi connectivity index (χ3v) is 3.19. The second-order valence-electron chi connectivity index (χ2n) is 5.04. The highest BCUT2D eigenvalue weighted by atomic mass is 16.5. The lowest BCUT2D eigenvalue weighted by Gasteiger charge is -2.13. The van der Waals surface area contributed by atoms with Gasteiger partial charge in [-0.25, -0.2) is 0 Å². The first-order chi connectivity index (χ1) is 7.66. The van der Waals surface area contributed by atoms with Gasteiger partial charge in [0.25, 0.3) is 0 Å². The minimum Gasteiger partial charge on any atom is -0.492 e. The van der Waals surface area contributed by atoms with Gasteiger partial charge in [-0.2, -0.15) is 0 Å². The molecule has 0 aromatic heterocycles. The molecular weight excluding hydrogens is 198 g/mol. The van der Waals surface area contributed by atoms with Gasteiger partial charge in [0.1, 0.15) is 12.4 Å². The smallest absolute Gasteiger partial charge is 0.119 e. The summed E-state index contributed by atoms with van der Waals surface area (Å²) in [6.45, 7) is 5.02. The standard InChI is InChI=1S/C14H21NO/c1-10(2)12-4-3-5-13(8-12)16-9-14(15)11-6-7-11/h3-5,8,10-11,14H,6-7,9,15H2,1-2H3. The molecule has 16 heavy (non-hydrogen) atoms. The first-order valence-corrected chi connectivity index (χ1v) is 6.15. The van der Waals surface area contributed by atoms with Crippen LogP contribution in [0.4, 0.5) is 0 Å². The Labute approximate surface area is 97.8 Å². The van der Waals surface area contributed by atoms with Crippen LogP contribution in [0.25, 0.3) is 0 Å². The number of hydrogen-bond acceptors (Lipinski definition) is 2. The summed E-state index contributed by atoms with van der Waals surface area (Å²) >= 11 is 0.